The SMILES string of the molecule is CNS(=O)(=O)c1cc(NC(=O)[C@@]23CCCC[C@H]2CNC3)ccc1C. The Labute approximate surface area is 143 Å². The van der Waals surface area contributed by atoms with Gasteiger partial charge in [-0.2, -0.15) is 0 Å². The highest BCUT2D eigenvalue weighted by Crippen LogP contribution is 2.44. The molecule has 24 heavy (non-hydrogen) atoms. The predicted molar refractivity (Wildman–Crippen MR) is 93.3 cm³/mol. The second-order valence-corrected chi connectivity index (χ2v) is 8.73. The minimum absolute atomic E-state index is 0.00820. The van der Waals surface area contributed by atoms with E-state index in [1.165, 1.54) is 19.5 Å². The molecule has 1 saturated carbocycles. The molecular formula is C17H25N3O3S. The molecule has 1 aliphatic heterocycles. The van der Waals surface area contributed by atoms with Gasteiger partial charge in [-0.25, -0.2) is 13.1 Å². The molecule has 1 saturated heterocycles. The third kappa shape index (κ3) is 2.96. The molecule has 0 unspecified atom stereocenters. The summed E-state index contributed by atoms with van der Waals surface area (Å²) in [6.07, 6.45) is 4.22. The number of carbonyl (C=O) groups is 1. The molecular weight excluding hydrogens is 326 g/mol. The van der Waals surface area contributed by atoms with Crippen LogP contribution in [0.15, 0.2) is 23.1 Å². The number of fused-ring (bicyclic) bond motifs is 1. The van der Waals surface area contributed by atoms with Gasteiger partial charge in [0.15, 0.2) is 0 Å². The molecule has 1 aromatic rings. The molecule has 0 radical (unpaired) electrons. The Kier molecular flexibility index (Phi) is 4.68. The largest absolute Gasteiger partial charge is 0.326 e. The minimum Gasteiger partial charge on any atom is -0.326 e. The van der Waals surface area contributed by atoms with Crippen molar-refractivity contribution >= 4 is 21.6 Å². The Morgan fingerprint density at radius 3 is 2.88 bits per heavy atom. The van der Waals surface area contributed by atoms with E-state index in [0.29, 0.717) is 23.7 Å². The predicted octanol–water partition coefficient (Wildman–Crippen LogP) is 1.62. The van der Waals surface area contributed by atoms with E-state index in [2.05, 4.69) is 15.4 Å². The average Bonchev–Trinajstić information content (AvgIpc) is 3.01. The molecule has 2 atom stereocenters. The van der Waals surface area contributed by atoms with Crippen LogP contribution in [0.5, 0.6) is 0 Å². The van der Waals surface area contributed by atoms with Gasteiger partial charge in [0.25, 0.3) is 0 Å². The summed E-state index contributed by atoms with van der Waals surface area (Å²) in [5.41, 5.74) is 0.828. The van der Waals surface area contributed by atoms with E-state index < -0.39 is 10.0 Å². The van der Waals surface area contributed by atoms with Crippen LogP contribution in [0.1, 0.15) is 31.2 Å². The number of anilines is 1. The number of aryl methyl sites for hydroxylation is 1. The van der Waals surface area contributed by atoms with Crippen molar-refractivity contribution in [1.82, 2.24) is 10.0 Å². The zero-order valence-electron chi connectivity index (χ0n) is 14.2. The van der Waals surface area contributed by atoms with Crippen LogP contribution in [0, 0.1) is 18.3 Å². The Balaban J connectivity index is 1.86. The summed E-state index contributed by atoms with van der Waals surface area (Å²) in [5.74, 6) is 0.381. The first-order valence-electron chi connectivity index (χ1n) is 8.45. The maximum absolute atomic E-state index is 13.0. The van der Waals surface area contributed by atoms with Crippen LogP contribution in [0.4, 0.5) is 5.69 Å². The molecule has 1 heterocycles. The lowest BCUT2D eigenvalue weighted by Gasteiger charge is -2.37. The molecule has 1 amide bonds. The summed E-state index contributed by atoms with van der Waals surface area (Å²) in [4.78, 5) is 13.2. The maximum atomic E-state index is 13.0. The number of sulfonamides is 1. The molecule has 132 valence electrons. The molecule has 2 fully saturated rings. The van der Waals surface area contributed by atoms with E-state index in [-0.39, 0.29) is 16.2 Å². The van der Waals surface area contributed by atoms with E-state index in [4.69, 9.17) is 0 Å². The van der Waals surface area contributed by atoms with Gasteiger partial charge in [-0.05, 0) is 57.0 Å². The number of rotatable bonds is 4. The number of hydrogen-bond donors (Lipinski definition) is 3. The second kappa shape index (κ2) is 6.46. The highest BCUT2D eigenvalue weighted by atomic mass is 32.2. The number of hydrogen-bond acceptors (Lipinski definition) is 4. The summed E-state index contributed by atoms with van der Waals surface area (Å²) >= 11 is 0. The number of nitrogens with one attached hydrogen (secondary N) is 3. The number of carbonyl (C=O) groups excluding carboxylic acids is 1. The Morgan fingerprint density at radius 1 is 1.33 bits per heavy atom. The highest BCUT2D eigenvalue weighted by Gasteiger charge is 2.49. The second-order valence-electron chi connectivity index (χ2n) is 6.87. The average molecular weight is 351 g/mol. The van der Waals surface area contributed by atoms with Crippen molar-refractivity contribution in [2.75, 3.05) is 25.5 Å². The standard InChI is InChI=1S/C17H25N3O3S/c1-12-6-7-14(9-15(12)24(22,23)18-2)20-16(21)17-8-4-3-5-13(17)10-19-11-17/h6-7,9,13,18-19H,3-5,8,10-11H2,1-2H3,(H,20,21)/t13-,17+/m0/s1. The summed E-state index contributed by atoms with van der Waals surface area (Å²) in [6.45, 7) is 3.34. The molecule has 3 N–H and O–H groups in total. The monoisotopic (exact) mass is 351 g/mol. The highest BCUT2D eigenvalue weighted by molar-refractivity contribution is 7.89. The summed E-state index contributed by atoms with van der Waals surface area (Å²) < 4.78 is 26.5. The van der Waals surface area contributed by atoms with Crippen molar-refractivity contribution in [3.63, 3.8) is 0 Å². The van der Waals surface area contributed by atoms with Crippen LogP contribution < -0.4 is 15.4 Å². The van der Waals surface area contributed by atoms with Crippen molar-refractivity contribution in [3.8, 4) is 0 Å². The fraction of sp³-hybridized carbons (Fsp3) is 0.588. The summed E-state index contributed by atoms with van der Waals surface area (Å²) in [5, 5.41) is 6.33. The number of amides is 1. The van der Waals surface area contributed by atoms with Gasteiger partial charge in [0.2, 0.25) is 15.9 Å². The first-order chi connectivity index (χ1) is 11.4. The first-order valence-corrected chi connectivity index (χ1v) is 9.94. The van der Waals surface area contributed by atoms with Gasteiger partial charge in [0.05, 0.1) is 10.3 Å². The van der Waals surface area contributed by atoms with Crippen molar-refractivity contribution in [3.05, 3.63) is 23.8 Å². The quantitative estimate of drug-likeness (QED) is 0.769. The number of benzene rings is 1. The molecule has 1 aliphatic carbocycles. The van der Waals surface area contributed by atoms with Crippen LogP contribution in [-0.2, 0) is 14.8 Å². The Bertz CT molecular complexity index is 747. The lowest BCUT2D eigenvalue weighted by atomic mass is 9.67. The Morgan fingerprint density at radius 2 is 2.12 bits per heavy atom. The minimum atomic E-state index is -3.54. The third-order valence-electron chi connectivity index (χ3n) is 5.49. The van der Waals surface area contributed by atoms with Crippen LogP contribution in [0.25, 0.3) is 0 Å². The Hall–Kier alpha value is -1.44. The van der Waals surface area contributed by atoms with Crippen molar-refractivity contribution in [2.24, 2.45) is 11.3 Å². The summed E-state index contributed by atoms with van der Waals surface area (Å²) in [7, 11) is -2.16. The van der Waals surface area contributed by atoms with Crippen LogP contribution in [-0.4, -0.2) is 34.5 Å². The molecule has 0 spiro atoms. The van der Waals surface area contributed by atoms with Crippen LogP contribution >= 0.6 is 0 Å². The van der Waals surface area contributed by atoms with Gasteiger partial charge in [-0.1, -0.05) is 18.9 Å². The molecule has 3 rings (SSSR count). The van der Waals surface area contributed by atoms with Gasteiger partial charge in [-0.3, -0.25) is 4.79 Å². The van der Waals surface area contributed by atoms with E-state index in [0.717, 1.165) is 25.8 Å². The zero-order valence-corrected chi connectivity index (χ0v) is 15.0. The van der Waals surface area contributed by atoms with E-state index in [9.17, 15) is 13.2 Å². The van der Waals surface area contributed by atoms with Gasteiger partial charge in [0.1, 0.15) is 0 Å². The smallest absolute Gasteiger partial charge is 0.240 e. The zero-order chi connectivity index (χ0) is 17.4. The van der Waals surface area contributed by atoms with E-state index in [1.807, 2.05) is 0 Å². The lowest BCUT2D eigenvalue weighted by Crippen LogP contribution is -2.44. The van der Waals surface area contributed by atoms with E-state index >= 15 is 0 Å². The van der Waals surface area contributed by atoms with Crippen molar-refractivity contribution < 1.29 is 13.2 Å². The maximum Gasteiger partial charge on any atom is 0.240 e. The summed E-state index contributed by atoms with van der Waals surface area (Å²) in [6, 6.07) is 5.03. The van der Waals surface area contributed by atoms with Gasteiger partial charge < -0.3 is 10.6 Å². The van der Waals surface area contributed by atoms with Crippen LogP contribution in [0.3, 0.4) is 0 Å². The van der Waals surface area contributed by atoms with Gasteiger partial charge in [-0.15, -0.1) is 0 Å². The van der Waals surface area contributed by atoms with Gasteiger partial charge in [0, 0.05) is 12.2 Å². The van der Waals surface area contributed by atoms with Crippen LogP contribution in [0.2, 0.25) is 0 Å². The van der Waals surface area contributed by atoms with Crippen molar-refractivity contribution in [1.29, 1.82) is 0 Å². The van der Waals surface area contributed by atoms with Crippen molar-refractivity contribution in [2.45, 2.75) is 37.5 Å². The topological polar surface area (TPSA) is 87.3 Å². The molecule has 6 nitrogen and oxygen atoms in total. The molecule has 1 aromatic carbocycles. The third-order valence-corrected chi connectivity index (χ3v) is 7.05. The molecule has 0 aromatic heterocycles. The molecule has 2 aliphatic rings. The van der Waals surface area contributed by atoms with Gasteiger partial charge >= 0.3 is 0 Å². The molecule has 7 heteroatoms. The van der Waals surface area contributed by atoms with E-state index in [1.54, 1.807) is 19.1 Å². The lowest BCUT2D eigenvalue weighted by molar-refractivity contribution is -0.128. The fourth-order valence-electron chi connectivity index (χ4n) is 4.02. The normalized spacial score (nSPS) is 26.8. The first kappa shape index (κ1) is 17.4. The fourth-order valence-corrected chi connectivity index (χ4v) is 5.02. The molecule has 0 bridgehead atoms.